The van der Waals surface area contributed by atoms with Crippen LogP contribution in [0.4, 0.5) is 5.82 Å². The summed E-state index contributed by atoms with van der Waals surface area (Å²) in [6.07, 6.45) is 2.77. The minimum absolute atomic E-state index is 0.0115. The highest BCUT2D eigenvalue weighted by Crippen LogP contribution is 2.29. The van der Waals surface area contributed by atoms with E-state index in [1.54, 1.807) is 20.3 Å². The molecule has 0 bridgehead atoms. The summed E-state index contributed by atoms with van der Waals surface area (Å²) >= 11 is 2.22. The number of likely N-dealkylation sites (tertiary alicyclic amines) is 1. The number of nitrogens with two attached hydrogens (primary N) is 1. The van der Waals surface area contributed by atoms with E-state index in [2.05, 4.69) is 44.4 Å². The summed E-state index contributed by atoms with van der Waals surface area (Å²) in [4.78, 5) is 22.7. The molecule has 3 aromatic rings. The number of rotatable bonds is 5. The lowest BCUT2D eigenvalue weighted by molar-refractivity contribution is -0.129. The smallest absolute Gasteiger partial charge is 0.223 e. The number of aromatic nitrogens is 4. The maximum Gasteiger partial charge on any atom is 0.223 e. The molecule has 0 unspecified atom stereocenters. The number of methoxy groups -OCH3 is 2. The summed E-state index contributed by atoms with van der Waals surface area (Å²) in [6.45, 7) is 1.29. The summed E-state index contributed by atoms with van der Waals surface area (Å²) in [5.74, 6) is 8.01. The van der Waals surface area contributed by atoms with Crippen LogP contribution in [0.2, 0.25) is 0 Å². The van der Waals surface area contributed by atoms with Crippen LogP contribution in [0.25, 0.3) is 11.0 Å². The normalized spacial score (nSPS) is 15.5. The maximum atomic E-state index is 12.3. The molecule has 1 atom stereocenters. The van der Waals surface area contributed by atoms with Crippen molar-refractivity contribution in [3.63, 3.8) is 0 Å². The number of halogens is 1. The van der Waals surface area contributed by atoms with Gasteiger partial charge in [-0.1, -0.05) is 28.5 Å². The van der Waals surface area contributed by atoms with Gasteiger partial charge in [-0.2, -0.15) is 5.10 Å². The largest absolute Gasteiger partial charge is 0.497 e. The number of nitrogen functional groups attached to an aromatic ring is 1. The Bertz CT molecular complexity index is 1190. The zero-order valence-corrected chi connectivity index (χ0v) is 20.0. The average molecular weight is 546 g/mol. The third-order valence-corrected chi connectivity index (χ3v) is 5.90. The summed E-state index contributed by atoms with van der Waals surface area (Å²) in [6, 6.07) is 5.44. The van der Waals surface area contributed by atoms with Crippen molar-refractivity contribution < 1.29 is 14.3 Å². The number of benzene rings is 1. The Morgan fingerprint density at radius 2 is 1.97 bits per heavy atom. The molecule has 10 heteroatoms. The van der Waals surface area contributed by atoms with Crippen LogP contribution in [0.3, 0.4) is 0 Å². The second kappa shape index (κ2) is 9.60. The van der Waals surface area contributed by atoms with Crippen molar-refractivity contribution in [2.45, 2.75) is 18.9 Å². The van der Waals surface area contributed by atoms with Crippen molar-refractivity contribution in [2.24, 2.45) is 0 Å². The third kappa shape index (κ3) is 4.43. The van der Waals surface area contributed by atoms with Gasteiger partial charge in [0, 0.05) is 35.6 Å². The number of hydrogen-bond acceptors (Lipinski definition) is 7. The lowest BCUT2D eigenvalue weighted by Gasteiger charge is -2.16. The fourth-order valence-corrected chi connectivity index (χ4v) is 4.22. The van der Waals surface area contributed by atoms with Crippen LogP contribution in [0.1, 0.15) is 30.1 Å². The summed E-state index contributed by atoms with van der Waals surface area (Å²) in [7, 11) is 3.18. The molecule has 9 nitrogen and oxygen atoms in total. The second-order valence-corrected chi connectivity index (χ2v) is 8.40. The fraction of sp³-hybridized carbons (Fsp3) is 0.364. The van der Waals surface area contributed by atoms with E-state index in [0.717, 1.165) is 16.4 Å². The van der Waals surface area contributed by atoms with Gasteiger partial charge in [0.15, 0.2) is 5.65 Å². The molecule has 0 spiro atoms. The molecule has 32 heavy (non-hydrogen) atoms. The number of hydrogen-bond donors (Lipinski definition) is 1. The number of amides is 1. The highest BCUT2D eigenvalue weighted by molar-refractivity contribution is 14.1. The fourth-order valence-electron chi connectivity index (χ4n) is 3.76. The van der Waals surface area contributed by atoms with E-state index < -0.39 is 0 Å². The first-order valence-electron chi connectivity index (χ1n) is 10.1. The Kier molecular flexibility index (Phi) is 6.64. The van der Waals surface area contributed by atoms with E-state index in [1.807, 2.05) is 21.7 Å². The molecule has 4 rings (SSSR count). The zero-order chi connectivity index (χ0) is 22.7. The summed E-state index contributed by atoms with van der Waals surface area (Å²) in [5, 5.41) is 5.35. The minimum Gasteiger partial charge on any atom is -0.497 e. The monoisotopic (exact) mass is 546 g/mol. The number of ether oxygens (including phenoxy) is 2. The maximum absolute atomic E-state index is 12.3. The standard InChI is InChI=1S/C22H23IN6O3/c1-31-16-9-14(10-17(11-16)32-2)3-4-18-20-21(24)25-13-26-22(20)29(27-18)15-6-8-28(12-15)19(30)5-7-23/h9-11,13,15H,5-8,12H2,1-2H3,(H2,24,25,26)/t15-/m0/s1. The average Bonchev–Trinajstić information content (AvgIpc) is 3.43. The molecule has 1 fully saturated rings. The van der Waals surface area contributed by atoms with Crippen LogP contribution in [-0.2, 0) is 4.79 Å². The number of nitrogens with zero attached hydrogens (tertiary/aromatic N) is 5. The zero-order valence-electron chi connectivity index (χ0n) is 17.8. The van der Waals surface area contributed by atoms with Gasteiger partial charge in [0.2, 0.25) is 5.91 Å². The van der Waals surface area contributed by atoms with Crippen LogP contribution >= 0.6 is 22.6 Å². The first-order valence-corrected chi connectivity index (χ1v) is 11.6. The van der Waals surface area contributed by atoms with Crippen molar-refractivity contribution in [1.82, 2.24) is 24.6 Å². The number of carbonyl (C=O) groups is 1. The Labute approximate surface area is 199 Å². The molecule has 1 saturated heterocycles. The van der Waals surface area contributed by atoms with Crippen LogP contribution < -0.4 is 15.2 Å². The topological polar surface area (TPSA) is 108 Å². The summed E-state index contributed by atoms with van der Waals surface area (Å²) < 4.78 is 13.3. The van der Waals surface area contributed by atoms with Crippen molar-refractivity contribution in [2.75, 3.05) is 37.5 Å². The molecule has 1 aliphatic heterocycles. The molecule has 1 aliphatic rings. The van der Waals surface area contributed by atoms with Gasteiger partial charge in [-0.25, -0.2) is 14.6 Å². The van der Waals surface area contributed by atoms with E-state index >= 15 is 0 Å². The minimum atomic E-state index is 0.0115. The molecule has 0 aliphatic carbocycles. The van der Waals surface area contributed by atoms with E-state index in [4.69, 9.17) is 20.3 Å². The molecule has 0 radical (unpaired) electrons. The molecule has 1 aromatic carbocycles. The predicted octanol–water partition coefficient (Wildman–Crippen LogP) is 2.42. The Morgan fingerprint density at radius 3 is 2.66 bits per heavy atom. The second-order valence-electron chi connectivity index (χ2n) is 7.32. The van der Waals surface area contributed by atoms with Crippen LogP contribution in [0.5, 0.6) is 11.5 Å². The molecule has 2 N–H and O–H groups in total. The lowest BCUT2D eigenvalue weighted by atomic mass is 10.2. The van der Waals surface area contributed by atoms with Gasteiger partial charge in [0.05, 0.1) is 25.6 Å². The number of carbonyl (C=O) groups excluding carboxylic acids is 1. The van der Waals surface area contributed by atoms with Gasteiger partial charge < -0.3 is 20.1 Å². The van der Waals surface area contributed by atoms with E-state index in [-0.39, 0.29) is 11.9 Å². The lowest BCUT2D eigenvalue weighted by Crippen LogP contribution is -2.29. The molecule has 3 heterocycles. The van der Waals surface area contributed by atoms with Crippen molar-refractivity contribution >= 4 is 45.3 Å². The quantitative estimate of drug-likeness (QED) is 0.298. The van der Waals surface area contributed by atoms with Crippen molar-refractivity contribution in [1.29, 1.82) is 0 Å². The number of fused-ring (bicyclic) bond motifs is 1. The highest BCUT2D eigenvalue weighted by Gasteiger charge is 2.30. The first kappa shape index (κ1) is 22.1. The Hall–Kier alpha value is -3.07. The molecule has 2 aromatic heterocycles. The van der Waals surface area contributed by atoms with E-state index in [0.29, 0.717) is 53.6 Å². The molecule has 1 amide bonds. The molecular weight excluding hydrogens is 523 g/mol. The van der Waals surface area contributed by atoms with Gasteiger partial charge in [0.1, 0.15) is 29.3 Å². The van der Waals surface area contributed by atoms with Crippen molar-refractivity contribution in [3.05, 3.63) is 35.8 Å². The predicted molar refractivity (Wildman–Crippen MR) is 129 cm³/mol. The van der Waals surface area contributed by atoms with E-state index in [1.165, 1.54) is 6.33 Å². The van der Waals surface area contributed by atoms with Gasteiger partial charge in [-0.3, -0.25) is 4.79 Å². The van der Waals surface area contributed by atoms with Gasteiger partial charge in [0.25, 0.3) is 0 Å². The van der Waals surface area contributed by atoms with Crippen LogP contribution in [0, 0.1) is 11.8 Å². The molecular formula is C22H23IN6O3. The Morgan fingerprint density at radius 1 is 1.22 bits per heavy atom. The highest BCUT2D eigenvalue weighted by atomic mass is 127. The van der Waals surface area contributed by atoms with Crippen LogP contribution in [-0.4, -0.2) is 62.3 Å². The van der Waals surface area contributed by atoms with Crippen molar-refractivity contribution in [3.8, 4) is 23.3 Å². The third-order valence-electron chi connectivity index (χ3n) is 5.37. The Balaban J connectivity index is 1.71. The van der Waals surface area contributed by atoms with E-state index in [9.17, 15) is 4.79 Å². The summed E-state index contributed by atoms with van der Waals surface area (Å²) in [5.41, 5.74) is 8.01. The number of alkyl halides is 1. The van der Waals surface area contributed by atoms with Gasteiger partial charge in [-0.15, -0.1) is 0 Å². The van der Waals surface area contributed by atoms with Gasteiger partial charge >= 0.3 is 0 Å². The molecule has 0 saturated carbocycles. The first-order chi connectivity index (χ1) is 15.5. The number of anilines is 1. The van der Waals surface area contributed by atoms with Gasteiger partial charge in [-0.05, 0) is 24.5 Å². The van der Waals surface area contributed by atoms with Crippen LogP contribution in [0.15, 0.2) is 24.5 Å². The molecule has 166 valence electrons. The SMILES string of the molecule is COc1cc(C#Cc2nn([C@H]3CCN(C(=O)CCI)C3)c3ncnc(N)c23)cc(OC)c1.